The molecule has 6 nitrogen and oxygen atoms in total. The van der Waals surface area contributed by atoms with E-state index in [-0.39, 0.29) is 17.7 Å². The Balaban J connectivity index is 3.05. The number of rotatable bonds is 6. The molecule has 0 aliphatic carbocycles. The first-order chi connectivity index (χ1) is 9.53. The highest BCUT2D eigenvalue weighted by atomic mass is 16.5. The summed E-state index contributed by atoms with van der Waals surface area (Å²) in [4.78, 5) is 12.0. The Bertz CT molecular complexity index is 500. The van der Waals surface area contributed by atoms with E-state index in [2.05, 4.69) is 10.5 Å². The molecule has 1 rings (SSSR count). The molecule has 0 fully saturated rings. The van der Waals surface area contributed by atoms with Crippen LogP contribution in [0.4, 0.5) is 5.69 Å². The van der Waals surface area contributed by atoms with Gasteiger partial charge in [-0.3, -0.25) is 4.79 Å². The fourth-order valence-corrected chi connectivity index (χ4v) is 1.75. The molecule has 20 heavy (non-hydrogen) atoms. The number of carbonyl (C=O) groups excluding carboxylic acids is 1. The minimum Gasteiger partial charge on any atom is -0.495 e. The number of anilines is 1. The van der Waals surface area contributed by atoms with Crippen LogP contribution in [0.15, 0.2) is 23.4 Å². The van der Waals surface area contributed by atoms with Gasteiger partial charge in [0.05, 0.1) is 12.8 Å². The van der Waals surface area contributed by atoms with Crippen molar-refractivity contribution in [2.45, 2.75) is 26.7 Å². The van der Waals surface area contributed by atoms with Crippen molar-refractivity contribution in [2.75, 3.05) is 12.4 Å². The summed E-state index contributed by atoms with van der Waals surface area (Å²) < 4.78 is 5.21. The van der Waals surface area contributed by atoms with E-state index in [0.717, 1.165) is 6.42 Å². The van der Waals surface area contributed by atoms with E-state index in [1.54, 1.807) is 18.2 Å². The fourth-order valence-electron chi connectivity index (χ4n) is 1.75. The number of carbonyl (C=O) groups is 1. The highest BCUT2D eigenvalue weighted by Gasteiger charge is 2.16. The van der Waals surface area contributed by atoms with E-state index in [0.29, 0.717) is 23.4 Å². The summed E-state index contributed by atoms with van der Waals surface area (Å²) in [5, 5.41) is 14.5. The second kappa shape index (κ2) is 7.37. The zero-order valence-electron chi connectivity index (χ0n) is 12.0. The molecule has 0 aliphatic rings. The first kappa shape index (κ1) is 15.8. The minimum atomic E-state index is -0.129. The van der Waals surface area contributed by atoms with Gasteiger partial charge in [-0.1, -0.05) is 31.5 Å². The zero-order chi connectivity index (χ0) is 15.1. The summed E-state index contributed by atoms with van der Waals surface area (Å²) in [7, 11) is 1.50. The van der Waals surface area contributed by atoms with Gasteiger partial charge in [-0.2, -0.15) is 0 Å². The Hall–Kier alpha value is -2.24. The molecular weight excluding hydrogens is 258 g/mol. The van der Waals surface area contributed by atoms with Gasteiger partial charge in [0.2, 0.25) is 5.91 Å². The third kappa shape index (κ3) is 3.88. The monoisotopic (exact) mass is 279 g/mol. The number of hydrogen-bond acceptors (Lipinski definition) is 4. The van der Waals surface area contributed by atoms with Crippen LogP contribution in [0, 0.1) is 5.92 Å². The third-order valence-electron chi connectivity index (χ3n) is 3.13. The Morgan fingerprint density at radius 3 is 2.80 bits per heavy atom. The fraction of sp³-hybridized carbons (Fsp3) is 0.429. The molecule has 4 N–H and O–H groups in total. The first-order valence-corrected chi connectivity index (χ1v) is 6.48. The van der Waals surface area contributed by atoms with Gasteiger partial charge in [0.1, 0.15) is 5.75 Å². The zero-order valence-corrected chi connectivity index (χ0v) is 12.0. The predicted octanol–water partition coefficient (Wildman–Crippen LogP) is 2.16. The van der Waals surface area contributed by atoms with Gasteiger partial charge < -0.3 is 21.0 Å². The predicted molar refractivity (Wildman–Crippen MR) is 78.2 cm³/mol. The van der Waals surface area contributed by atoms with Crippen molar-refractivity contribution in [1.82, 2.24) is 0 Å². The molecule has 0 spiro atoms. The number of hydrogen-bond donors (Lipinski definition) is 3. The van der Waals surface area contributed by atoms with E-state index in [9.17, 15) is 4.79 Å². The molecule has 0 saturated carbocycles. The number of para-hydroxylation sites is 1. The van der Waals surface area contributed by atoms with E-state index < -0.39 is 0 Å². The summed E-state index contributed by atoms with van der Waals surface area (Å²) in [6.07, 6.45) is 1.33. The van der Waals surface area contributed by atoms with Crippen LogP contribution in [0.2, 0.25) is 0 Å². The molecule has 1 atom stereocenters. The molecule has 1 amide bonds. The van der Waals surface area contributed by atoms with Gasteiger partial charge in [-0.15, -0.1) is 0 Å². The number of amides is 1. The lowest BCUT2D eigenvalue weighted by atomic mass is 10.0. The average molecular weight is 279 g/mol. The summed E-state index contributed by atoms with van der Waals surface area (Å²) in [5.41, 5.74) is 6.45. The summed E-state index contributed by atoms with van der Waals surface area (Å²) in [5.74, 6) is 0.544. The van der Waals surface area contributed by atoms with Crippen LogP contribution < -0.4 is 15.8 Å². The number of nitrogens with two attached hydrogens (primary N) is 1. The maximum atomic E-state index is 12.0. The Morgan fingerprint density at radius 2 is 2.25 bits per heavy atom. The van der Waals surface area contributed by atoms with Crippen molar-refractivity contribution in [3.8, 4) is 5.75 Å². The lowest BCUT2D eigenvalue weighted by molar-refractivity contribution is -0.117. The number of nitrogens with one attached hydrogen (secondary N) is 1. The van der Waals surface area contributed by atoms with E-state index >= 15 is 0 Å². The number of nitrogens with zero attached hydrogens (tertiary/aromatic N) is 1. The summed E-state index contributed by atoms with van der Waals surface area (Å²) in [6.45, 7) is 4.04. The molecule has 1 aromatic carbocycles. The highest BCUT2D eigenvalue weighted by molar-refractivity contribution is 6.07. The molecule has 110 valence electrons. The number of amidine groups is 1. The second-order valence-electron chi connectivity index (χ2n) is 4.63. The maximum Gasteiger partial charge on any atom is 0.224 e. The quantitative estimate of drug-likeness (QED) is 0.322. The van der Waals surface area contributed by atoms with Crippen molar-refractivity contribution >= 4 is 17.4 Å². The average Bonchev–Trinajstić information content (AvgIpc) is 2.46. The Labute approximate surface area is 118 Å². The van der Waals surface area contributed by atoms with Crippen LogP contribution in [-0.4, -0.2) is 24.1 Å². The lowest BCUT2D eigenvalue weighted by Gasteiger charge is -2.15. The number of benzene rings is 1. The molecule has 1 aromatic rings. The topological polar surface area (TPSA) is 96.9 Å². The lowest BCUT2D eigenvalue weighted by Crippen LogP contribution is -2.20. The molecule has 6 heteroatoms. The Morgan fingerprint density at radius 1 is 1.55 bits per heavy atom. The van der Waals surface area contributed by atoms with Crippen LogP contribution in [-0.2, 0) is 4.79 Å². The van der Waals surface area contributed by atoms with Crippen molar-refractivity contribution in [3.05, 3.63) is 23.8 Å². The largest absolute Gasteiger partial charge is 0.495 e. The van der Waals surface area contributed by atoms with Crippen LogP contribution >= 0.6 is 0 Å². The van der Waals surface area contributed by atoms with Crippen molar-refractivity contribution in [3.63, 3.8) is 0 Å². The van der Waals surface area contributed by atoms with Crippen LogP contribution in [0.3, 0.4) is 0 Å². The van der Waals surface area contributed by atoms with Crippen molar-refractivity contribution in [2.24, 2.45) is 16.8 Å². The summed E-state index contributed by atoms with van der Waals surface area (Å²) >= 11 is 0. The van der Waals surface area contributed by atoms with Gasteiger partial charge in [0.15, 0.2) is 5.84 Å². The molecule has 0 bridgehead atoms. The SMILES string of the molecule is CCC(C)CC(=O)Nc1c(OC)cccc1/C(N)=N/O. The molecule has 1 unspecified atom stereocenters. The molecule has 0 radical (unpaired) electrons. The molecule has 0 heterocycles. The van der Waals surface area contributed by atoms with Gasteiger partial charge in [0, 0.05) is 12.0 Å². The highest BCUT2D eigenvalue weighted by Crippen LogP contribution is 2.28. The van der Waals surface area contributed by atoms with E-state index in [1.165, 1.54) is 7.11 Å². The van der Waals surface area contributed by atoms with E-state index in [4.69, 9.17) is 15.7 Å². The molecular formula is C14H21N3O3. The maximum absolute atomic E-state index is 12.0. The first-order valence-electron chi connectivity index (χ1n) is 6.48. The third-order valence-corrected chi connectivity index (χ3v) is 3.13. The van der Waals surface area contributed by atoms with Crippen molar-refractivity contribution < 1.29 is 14.7 Å². The summed E-state index contributed by atoms with van der Waals surface area (Å²) in [6, 6.07) is 5.06. The van der Waals surface area contributed by atoms with Crippen LogP contribution in [0.25, 0.3) is 0 Å². The van der Waals surface area contributed by atoms with Crippen molar-refractivity contribution in [1.29, 1.82) is 0 Å². The van der Waals surface area contributed by atoms with Crippen LogP contribution in [0.1, 0.15) is 32.3 Å². The smallest absolute Gasteiger partial charge is 0.224 e. The van der Waals surface area contributed by atoms with Gasteiger partial charge in [-0.25, -0.2) is 0 Å². The van der Waals surface area contributed by atoms with Gasteiger partial charge >= 0.3 is 0 Å². The van der Waals surface area contributed by atoms with Gasteiger partial charge in [-0.05, 0) is 18.1 Å². The standard InChI is InChI=1S/C14H21N3O3/c1-4-9(2)8-12(18)16-13-10(14(15)17-19)6-5-7-11(13)20-3/h5-7,9,19H,4,8H2,1-3H3,(H2,15,17)(H,16,18). The molecule has 0 aromatic heterocycles. The number of oxime groups is 1. The van der Waals surface area contributed by atoms with E-state index in [1.807, 2.05) is 13.8 Å². The minimum absolute atomic E-state index is 0.0808. The number of ether oxygens (including phenoxy) is 1. The molecule has 0 saturated heterocycles. The number of methoxy groups -OCH3 is 1. The molecule has 0 aliphatic heterocycles. The van der Waals surface area contributed by atoms with Crippen LogP contribution in [0.5, 0.6) is 5.75 Å². The van der Waals surface area contributed by atoms with Gasteiger partial charge in [0.25, 0.3) is 0 Å². The second-order valence-corrected chi connectivity index (χ2v) is 4.63. The normalized spacial score (nSPS) is 12.8. The Kier molecular flexibility index (Phi) is 5.83.